The molecule has 1 saturated heterocycles. The molecule has 0 aliphatic carbocycles. The summed E-state index contributed by atoms with van der Waals surface area (Å²) in [5.41, 5.74) is 1.75. The number of furan rings is 1. The largest absolute Gasteiger partial charge is 0.466 e. The third-order valence-electron chi connectivity index (χ3n) is 4.87. The van der Waals surface area contributed by atoms with E-state index < -0.39 is 10.0 Å². The van der Waals surface area contributed by atoms with E-state index in [2.05, 4.69) is 5.16 Å². The summed E-state index contributed by atoms with van der Waals surface area (Å²) in [5.74, 6) is 1.48. The minimum atomic E-state index is -3.69. The van der Waals surface area contributed by atoms with Gasteiger partial charge in [0.15, 0.2) is 5.76 Å². The van der Waals surface area contributed by atoms with Crippen molar-refractivity contribution in [2.45, 2.75) is 39.5 Å². The van der Waals surface area contributed by atoms with Gasteiger partial charge in [0.2, 0.25) is 10.0 Å². The molecule has 1 aliphatic heterocycles. The van der Waals surface area contributed by atoms with Gasteiger partial charge < -0.3 is 13.8 Å². The molecule has 0 atom stereocenters. The van der Waals surface area contributed by atoms with E-state index in [0.29, 0.717) is 30.1 Å². The van der Waals surface area contributed by atoms with Gasteiger partial charge in [0.05, 0.1) is 5.56 Å². The van der Waals surface area contributed by atoms with Crippen LogP contribution in [-0.2, 0) is 10.0 Å². The van der Waals surface area contributed by atoms with Gasteiger partial charge in [0.25, 0.3) is 5.91 Å². The molecule has 0 N–H and O–H groups in total. The summed E-state index contributed by atoms with van der Waals surface area (Å²) in [6.45, 7) is 9.75. The number of amides is 1. The number of nitrogens with zero attached hydrogens (tertiary/aromatic N) is 3. The molecule has 0 radical (unpaired) electrons. The van der Waals surface area contributed by atoms with E-state index in [1.165, 1.54) is 4.31 Å². The van der Waals surface area contributed by atoms with Crippen molar-refractivity contribution in [2.75, 3.05) is 26.2 Å². The molecule has 9 heteroatoms. The fourth-order valence-electron chi connectivity index (χ4n) is 3.37. The Labute approximate surface area is 152 Å². The molecular formula is C17H23N3O5S. The molecule has 3 heterocycles. The average molecular weight is 381 g/mol. The number of aromatic nitrogens is 1. The van der Waals surface area contributed by atoms with Crippen LogP contribution in [-0.4, -0.2) is 54.9 Å². The summed E-state index contributed by atoms with van der Waals surface area (Å²) in [6.07, 6.45) is 0. The van der Waals surface area contributed by atoms with Crippen molar-refractivity contribution in [1.29, 1.82) is 0 Å². The van der Waals surface area contributed by atoms with Crippen LogP contribution in [0.5, 0.6) is 0 Å². The quantitative estimate of drug-likeness (QED) is 0.806. The minimum Gasteiger partial charge on any atom is -0.466 e. The van der Waals surface area contributed by atoms with E-state index in [-0.39, 0.29) is 29.7 Å². The average Bonchev–Trinajstić information content (AvgIpc) is 3.05. The minimum absolute atomic E-state index is 0.119. The lowest BCUT2D eigenvalue weighted by atomic mass is 10.1. The molecule has 3 rings (SSSR count). The maximum Gasteiger partial charge on any atom is 0.257 e. The van der Waals surface area contributed by atoms with E-state index >= 15 is 0 Å². The van der Waals surface area contributed by atoms with E-state index in [0.717, 1.165) is 11.3 Å². The Hall–Kier alpha value is -2.13. The maximum atomic E-state index is 12.9. The number of piperazine rings is 1. The molecule has 0 aromatic carbocycles. The van der Waals surface area contributed by atoms with Crippen molar-refractivity contribution < 1.29 is 22.2 Å². The topological polar surface area (TPSA) is 96.9 Å². The second-order valence-corrected chi connectivity index (χ2v) is 8.44. The van der Waals surface area contributed by atoms with Crippen LogP contribution in [0.25, 0.3) is 0 Å². The Bertz CT molecular complexity index is 930. The normalized spacial score (nSPS) is 16.3. The Kier molecular flexibility index (Phi) is 4.70. The predicted octanol–water partition coefficient (Wildman–Crippen LogP) is 1.96. The number of rotatable bonds is 3. The fourth-order valence-corrected chi connectivity index (χ4v) is 5.08. The number of carbonyl (C=O) groups excluding carboxylic acids is 1. The lowest BCUT2D eigenvalue weighted by Gasteiger charge is -2.34. The number of aryl methyl sites for hydroxylation is 4. The first-order chi connectivity index (χ1) is 12.1. The van der Waals surface area contributed by atoms with Gasteiger partial charge in [-0.1, -0.05) is 5.16 Å². The predicted molar refractivity (Wildman–Crippen MR) is 93.6 cm³/mol. The zero-order valence-corrected chi connectivity index (χ0v) is 16.4. The van der Waals surface area contributed by atoms with Gasteiger partial charge in [0.1, 0.15) is 22.1 Å². The van der Waals surface area contributed by atoms with Gasteiger partial charge in [-0.2, -0.15) is 4.31 Å². The van der Waals surface area contributed by atoms with Crippen molar-refractivity contribution >= 4 is 15.9 Å². The lowest BCUT2D eigenvalue weighted by Crippen LogP contribution is -2.50. The third kappa shape index (κ3) is 2.95. The van der Waals surface area contributed by atoms with Crippen LogP contribution in [0.4, 0.5) is 0 Å². The van der Waals surface area contributed by atoms with Gasteiger partial charge in [-0.05, 0) is 34.6 Å². The number of sulfonamides is 1. The van der Waals surface area contributed by atoms with Crippen LogP contribution in [0.1, 0.15) is 38.9 Å². The van der Waals surface area contributed by atoms with Crippen LogP contribution in [0.2, 0.25) is 0 Å². The molecule has 1 fully saturated rings. The van der Waals surface area contributed by atoms with E-state index in [4.69, 9.17) is 8.94 Å². The highest BCUT2D eigenvalue weighted by molar-refractivity contribution is 7.89. The number of hydrogen-bond acceptors (Lipinski definition) is 6. The molecule has 0 saturated carbocycles. The molecule has 142 valence electrons. The van der Waals surface area contributed by atoms with Gasteiger partial charge in [-0.15, -0.1) is 0 Å². The van der Waals surface area contributed by atoms with Crippen LogP contribution < -0.4 is 0 Å². The smallest absolute Gasteiger partial charge is 0.257 e. The molecular weight excluding hydrogens is 358 g/mol. The summed E-state index contributed by atoms with van der Waals surface area (Å²) in [6, 6.07) is 0. The molecule has 0 bridgehead atoms. The van der Waals surface area contributed by atoms with Crippen LogP contribution in [0.3, 0.4) is 0 Å². The maximum absolute atomic E-state index is 12.9. The first kappa shape index (κ1) is 18.7. The second kappa shape index (κ2) is 6.55. The highest BCUT2D eigenvalue weighted by Crippen LogP contribution is 2.26. The summed E-state index contributed by atoms with van der Waals surface area (Å²) in [4.78, 5) is 14.6. The van der Waals surface area contributed by atoms with Crippen molar-refractivity contribution in [3.63, 3.8) is 0 Å². The van der Waals surface area contributed by atoms with E-state index in [9.17, 15) is 13.2 Å². The molecule has 1 aliphatic rings. The van der Waals surface area contributed by atoms with Crippen molar-refractivity contribution in [3.8, 4) is 0 Å². The third-order valence-corrected chi connectivity index (χ3v) is 7.01. The Morgan fingerprint density at radius 2 is 1.58 bits per heavy atom. The summed E-state index contributed by atoms with van der Waals surface area (Å²) < 4.78 is 37.6. The zero-order chi connectivity index (χ0) is 19.2. The van der Waals surface area contributed by atoms with Crippen LogP contribution >= 0.6 is 0 Å². The first-order valence-electron chi connectivity index (χ1n) is 8.43. The van der Waals surface area contributed by atoms with Gasteiger partial charge in [-0.3, -0.25) is 4.79 Å². The summed E-state index contributed by atoms with van der Waals surface area (Å²) in [5, 5.41) is 3.73. The van der Waals surface area contributed by atoms with Crippen molar-refractivity contribution in [3.05, 3.63) is 34.1 Å². The standard InChI is InChI=1S/C17H23N3O5S/c1-10-12(3)24-13(4)15(10)17(21)19-6-8-20(9-7-19)26(22,23)16-11(2)18-25-14(16)5/h6-9H2,1-5H3. The molecule has 2 aromatic heterocycles. The molecule has 26 heavy (non-hydrogen) atoms. The van der Waals surface area contributed by atoms with Crippen molar-refractivity contribution in [2.24, 2.45) is 0 Å². The van der Waals surface area contributed by atoms with Gasteiger partial charge in [-0.25, -0.2) is 8.42 Å². The SMILES string of the molecule is Cc1noc(C)c1S(=O)(=O)N1CCN(C(=O)c2c(C)oc(C)c2C)CC1. The molecule has 8 nitrogen and oxygen atoms in total. The molecule has 2 aromatic rings. The first-order valence-corrected chi connectivity index (χ1v) is 9.87. The van der Waals surface area contributed by atoms with E-state index in [1.807, 2.05) is 13.8 Å². The summed E-state index contributed by atoms with van der Waals surface area (Å²) in [7, 11) is -3.69. The monoisotopic (exact) mass is 381 g/mol. The van der Waals surface area contributed by atoms with Crippen LogP contribution in [0, 0.1) is 34.6 Å². The number of carbonyl (C=O) groups is 1. The van der Waals surface area contributed by atoms with Crippen LogP contribution in [0.15, 0.2) is 13.8 Å². The highest BCUT2D eigenvalue weighted by Gasteiger charge is 2.35. The lowest BCUT2D eigenvalue weighted by molar-refractivity contribution is 0.0695. The Morgan fingerprint density at radius 3 is 2.04 bits per heavy atom. The summed E-state index contributed by atoms with van der Waals surface area (Å²) >= 11 is 0. The van der Waals surface area contributed by atoms with Gasteiger partial charge >= 0.3 is 0 Å². The van der Waals surface area contributed by atoms with E-state index in [1.54, 1.807) is 25.7 Å². The van der Waals surface area contributed by atoms with Crippen molar-refractivity contribution in [1.82, 2.24) is 14.4 Å². The highest BCUT2D eigenvalue weighted by atomic mass is 32.2. The molecule has 0 spiro atoms. The Morgan fingerprint density at radius 1 is 0.962 bits per heavy atom. The second-order valence-electron chi connectivity index (χ2n) is 6.56. The fraction of sp³-hybridized carbons (Fsp3) is 0.529. The molecule has 0 unspecified atom stereocenters. The Balaban J connectivity index is 1.76. The van der Waals surface area contributed by atoms with Gasteiger partial charge in [0, 0.05) is 31.7 Å². The number of hydrogen-bond donors (Lipinski definition) is 0. The zero-order valence-electron chi connectivity index (χ0n) is 15.6. The molecule has 1 amide bonds.